The van der Waals surface area contributed by atoms with E-state index in [4.69, 9.17) is 4.98 Å². The number of halogens is 1. The molecule has 0 radical (unpaired) electrons. The number of allylic oxidation sites excluding steroid dienone is 1. The quantitative estimate of drug-likeness (QED) is 0.602. The van der Waals surface area contributed by atoms with Crippen LogP contribution in [-0.4, -0.2) is 9.55 Å². The van der Waals surface area contributed by atoms with Crippen LogP contribution in [0.1, 0.15) is 28.2 Å². The Balaban J connectivity index is 1.92. The van der Waals surface area contributed by atoms with Crippen molar-refractivity contribution < 1.29 is 0 Å². The van der Waals surface area contributed by atoms with Gasteiger partial charge in [-0.3, -0.25) is 9.36 Å². The summed E-state index contributed by atoms with van der Waals surface area (Å²) in [4.78, 5) is 19.6. The van der Waals surface area contributed by atoms with Gasteiger partial charge >= 0.3 is 0 Å². The van der Waals surface area contributed by atoms with Gasteiger partial charge in [-0.1, -0.05) is 28.1 Å². The average Bonchev–Trinajstić information content (AvgIpc) is 3.02. The summed E-state index contributed by atoms with van der Waals surface area (Å²) in [7, 11) is 0. The number of fused-ring (bicyclic) bond motifs is 2. The molecule has 116 valence electrons. The second-order valence-corrected chi connectivity index (χ2v) is 7.95. The van der Waals surface area contributed by atoms with Crippen LogP contribution in [0.15, 0.2) is 33.5 Å². The van der Waals surface area contributed by atoms with Gasteiger partial charge < -0.3 is 0 Å². The fraction of sp³-hybridized carbons (Fsp3) is 0.222. The number of hydrogen-bond acceptors (Lipinski definition) is 3. The Morgan fingerprint density at radius 1 is 1.35 bits per heavy atom. The highest BCUT2D eigenvalue weighted by Crippen LogP contribution is 2.32. The third-order valence-electron chi connectivity index (χ3n) is 4.37. The van der Waals surface area contributed by atoms with E-state index in [2.05, 4.69) is 41.1 Å². The number of rotatable bonds is 1. The fourth-order valence-electron chi connectivity index (χ4n) is 3.06. The molecule has 0 bridgehead atoms. The second kappa shape index (κ2) is 5.42. The lowest BCUT2D eigenvalue weighted by atomic mass is 10.1. The first-order chi connectivity index (χ1) is 11.0. The molecule has 5 heteroatoms. The Morgan fingerprint density at radius 3 is 2.96 bits per heavy atom. The Kier molecular flexibility index (Phi) is 3.50. The molecule has 0 aliphatic carbocycles. The molecule has 1 aliphatic rings. The number of thiophene rings is 1. The molecule has 0 atom stereocenters. The van der Waals surface area contributed by atoms with Crippen LogP contribution in [0.3, 0.4) is 0 Å². The summed E-state index contributed by atoms with van der Waals surface area (Å²) in [5.41, 5.74) is 3.42. The molecule has 0 saturated carbocycles. The first-order valence-corrected chi connectivity index (χ1v) is 9.12. The average molecular weight is 387 g/mol. The van der Waals surface area contributed by atoms with Crippen molar-refractivity contribution in [2.75, 3.05) is 0 Å². The van der Waals surface area contributed by atoms with Crippen molar-refractivity contribution in [3.63, 3.8) is 0 Å². The Bertz CT molecular complexity index is 1030. The van der Waals surface area contributed by atoms with Crippen LogP contribution in [0, 0.1) is 13.8 Å². The first kappa shape index (κ1) is 14.8. The molecule has 0 saturated heterocycles. The van der Waals surface area contributed by atoms with E-state index in [0.29, 0.717) is 6.54 Å². The predicted molar refractivity (Wildman–Crippen MR) is 100.0 cm³/mol. The summed E-state index contributed by atoms with van der Waals surface area (Å²) in [6.07, 6.45) is 2.99. The van der Waals surface area contributed by atoms with Gasteiger partial charge in [-0.2, -0.15) is 0 Å². The van der Waals surface area contributed by atoms with Crippen molar-refractivity contribution in [3.05, 3.63) is 60.9 Å². The molecule has 1 aliphatic heterocycles. The van der Waals surface area contributed by atoms with E-state index < -0.39 is 0 Å². The highest BCUT2D eigenvalue weighted by molar-refractivity contribution is 9.10. The lowest BCUT2D eigenvalue weighted by Gasteiger charge is -2.03. The maximum absolute atomic E-state index is 12.8. The number of nitrogens with zero attached hydrogens (tertiary/aromatic N) is 2. The normalized spacial score (nSPS) is 15.5. The van der Waals surface area contributed by atoms with Crippen molar-refractivity contribution >= 4 is 49.1 Å². The Labute approximate surface area is 146 Å². The molecule has 0 spiro atoms. The van der Waals surface area contributed by atoms with Crippen molar-refractivity contribution in [1.82, 2.24) is 9.55 Å². The lowest BCUT2D eigenvalue weighted by Crippen LogP contribution is -2.20. The summed E-state index contributed by atoms with van der Waals surface area (Å²) < 4.78 is 2.88. The molecule has 0 unspecified atom stereocenters. The standard InChI is InChI=1S/C18H15BrN2OS/c1-10-11(2)23-17-15(10)18(22)21-7-6-13(16(21)20-17)8-12-4-3-5-14(19)9-12/h3-5,8-9H,6-7H2,1-2H3/b13-8+. The van der Waals surface area contributed by atoms with Crippen LogP contribution in [-0.2, 0) is 6.54 Å². The van der Waals surface area contributed by atoms with Gasteiger partial charge in [0.1, 0.15) is 10.7 Å². The van der Waals surface area contributed by atoms with E-state index in [1.54, 1.807) is 11.3 Å². The highest BCUT2D eigenvalue weighted by Gasteiger charge is 2.23. The van der Waals surface area contributed by atoms with Gasteiger partial charge in [0.15, 0.2) is 0 Å². The molecule has 23 heavy (non-hydrogen) atoms. The van der Waals surface area contributed by atoms with Crippen molar-refractivity contribution in [2.45, 2.75) is 26.8 Å². The topological polar surface area (TPSA) is 34.9 Å². The zero-order valence-corrected chi connectivity index (χ0v) is 15.3. The molecule has 1 aromatic carbocycles. The van der Waals surface area contributed by atoms with Gasteiger partial charge in [0.05, 0.1) is 5.39 Å². The number of aromatic nitrogens is 2. The van der Waals surface area contributed by atoms with Gasteiger partial charge in [0.2, 0.25) is 0 Å². The zero-order chi connectivity index (χ0) is 16.1. The molecule has 0 fully saturated rings. The SMILES string of the molecule is Cc1sc2nc3n(c(=O)c2c1C)CC/C3=C\c1cccc(Br)c1. The van der Waals surface area contributed by atoms with Gasteiger partial charge in [-0.15, -0.1) is 11.3 Å². The van der Waals surface area contributed by atoms with Crippen LogP contribution >= 0.6 is 27.3 Å². The maximum Gasteiger partial charge on any atom is 0.262 e. The predicted octanol–water partition coefficient (Wildman–Crippen LogP) is 4.78. The summed E-state index contributed by atoms with van der Waals surface area (Å²) >= 11 is 5.11. The Hall–Kier alpha value is -1.72. The second-order valence-electron chi connectivity index (χ2n) is 5.83. The van der Waals surface area contributed by atoms with Crippen LogP contribution in [0.4, 0.5) is 0 Å². The number of benzene rings is 1. The van der Waals surface area contributed by atoms with Gasteiger partial charge in [0, 0.05) is 15.9 Å². The third kappa shape index (κ3) is 2.39. The fourth-order valence-corrected chi connectivity index (χ4v) is 4.49. The van der Waals surface area contributed by atoms with Crippen molar-refractivity contribution in [2.24, 2.45) is 0 Å². The minimum absolute atomic E-state index is 0.101. The van der Waals surface area contributed by atoms with Crippen LogP contribution in [0.25, 0.3) is 21.9 Å². The number of hydrogen-bond donors (Lipinski definition) is 0. The largest absolute Gasteiger partial charge is 0.292 e. The minimum Gasteiger partial charge on any atom is -0.292 e. The van der Waals surface area contributed by atoms with E-state index in [0.717, 1.165) is 43.6 Å². The highest BCUT2D eigenvalue weighted by atomic mass is 79.9. The summed E-state index contributed by atoms with van der Waals surface area (Å²) in [5.74, 6) is 0.823. The molecular weight excluding hydrogens is 372 g/mol. The van der Waals surface area contributed by atoms with E-state index in [1.807, 2.05) is 23.6 Å². The van der Waals surface area contributed by atoms with Crippen LogP contribution < -0.4 is 5.56 Å². The first-order valence-electron chi connectivity index (χ1n) is 7.51. The minimum atomic E-state index is 0.101. The lowest BCUT2D eigenvalue weighted by molar-refractivity contribution is 0.726. The van der Waals surface area contributed by atoms with Gasteiger partial charge in [-0.25, -0.2) is 4.98 Å². The summed E-state index contributed by atoms with van der Waals surface area (Å²) in [6.45, 7) is 4.78. The van der Waals surface area contributed by atoms with E-state index in [9.17, 15) is 4.79 Å². The molecule has 0 N–H and O–H groups in total. The van der Waals surface area contributed by atoms with Gasteiger partial charge in [-0.05, 0) is 55.2 Å². The maximum atomic E-state index is 12.8. The summed E-state index contributed by atoms with van der Waals surface area (Å²) in [6, 6.07) is 8.16. The van der Waals surface area contributed by atoms with Crippen LogP contribution in [0.5, 0.6) is 0 Å². The zero-order valence-electron chi connectivity index (χ0n) is 12.9. The van der Waals surface area contributed by atoms with Crippen molar-refractivity contribution in [3.8, 4) is 0 Å². The number of aryl methyl sites for hydroxylation is 2. The van der Waals surface area contributed by atoms with Crippen molar-refractivity contribution in [1.29, 1.82) is 0 Å². The van der Waals surface area contributed by atoms with E-state index in [1.165, 1.54) is 4.88 Å². The molecule has 3 nitrogen and oxygen atoms in total. The Morgan fingerprint density at radius 2 is 2.17 bits per heavy atom. The smallest absolute Gasteiger partial charge is 0.262 e. The molecule has 3 heterocycles. The molecule has 2 aromatic heterocycles. The molecule has 3 aromatic rings. The van der Waals surface area contributed by atoms with E-state index >= 15 is 0 Å². The monoisotopic (exact) mass is 386 g/mol. The van der Waals surface area contributed by atoms with Gasteiger partial charge in [0.25, 0.3) is 5.56 Å². The van der Waals surface area contributed by atoms with Crippen LogP contribution in [0.2, 0.25) is 0 Å². The summed E-state index contributed by atoms with van der Waals surface area (Å²) in [5, 5.41) is 0.792. The molecule has 4 rings (SSSR count). The molecular formula is C18H15BrN2OS. The van der Waals surface area contributed by atoms with E-state index in [-0.39, 0.29) is 5.56 Å². The molecule has 0 amide bonds. The third-order valence-corrected chi connectivity index (χ3v) is 5.96.